The maximum atomic E-state index is 13.1. The van der Waals surface area contributed by atoms with Gasteiger partial charge in [0.2, 0.25) is 5.28 Å². The van der Waals surface area contributed by atoms with E-state index in [0.29, 0.717) is 16.9 Å². The number of nitrogens with zero attached hydrogens (tertiary/aromatic N) is 2. The SMILES string of the molecule is Cc1c(CNc2nc(Cl)nc3c(C)cc(Br)cc23)cccc1C(F)(F)F. The minimum Gasteiger partial charge on any atom is -0.365 e. The van der Waals surface area contributed by atoms with Gasteiger partial charge in [-0.2, -0.15) is 13.2 Å². The lowest BCUT2D eigenvalue weighted by Crippen LogP contribution is -2.11. The number of hydrogen-bond acceptors (Lipinski definition) is 3. The molecule has 0 amide bonds. The Morgan fingerprint density at radius 3 is 2.58 bits per heavy atom. The highest BCUT2D eigenvalue weighted by atomic mass is 79.9. The van der Waals surface area contributed by atoms with E-state index in [-0.39, 0.29) is 17.4 Å². The van der Waals surface area contributed by atoms with Gasteiger partial charge in [-0.05, 0) is 60.3 Å². The molecule has 0 spiro atoms. The first kappa shape index (κ1) is 18.9. The van der Waals surface area contributed by atoms with Gasteiger partial charge in [0.15, 0.2) is 0 Å². The average Bonchev–Trinajstić information content (AvgIpc) is 2.53. The summed E-state index contributed by atoms with van der Waals surface area (Å²) >= 11 is 9.44. The average molecular weight is 445 g/mol. The number of fused-ring (bicyclic) bond motifs is 1. The molecule has 8 heteroatoms. The van der Waals surface area contributed by atoms with Crippen LogP contribution in [0.5, 0.6) is 0 Å². The van der Waals surface area contributed by atoms with E-state index < -0.39 is 11.7 Å². The summed E-state index contributed by atoms with van der Waals surface area (Å²) in [6.45, 7) is 3.55. The van der Waals surface area contributed by atoms with Crippen molar-refractivity contribution in [2.24, 2.45) is 0 Å². The Hall–Kier alpha value is -1.86. The normalized spacial score (nSPS) is 11.8. The van der Waals surface area contributed by atoms with Crippen LogP contribution >= 0.6 is 27.5 Å². The van der Waals surface area contributed by atoms with Crippen LogP contribution in [-0.4, -0.2) is 9.97 Å². The van der Waals surface area contributed by atoms with E-state index >= 15 is 0 Å². The van der Waals surface area contributed by atoms with E-state index in [0.717, 1.165) is 21.5 Å². The van der Waals surface area contributed by atoms with Crippen LogP contribution in [0.3, 0.4) is 0 Å². The third-order valence-corrected chi connectivity index (χ3v) is 4.75. The number of alkyl halides is 3. The van der Waals surface area contributed by atoms with Crippen LogP contribution in [0, 0.1) is 13.8 Å². The minimum absolute atomic E-state index is 0.0752. The van der Waals surface area contributed by atoms with Crippen LogP contribution in [0.1, 0.15) is 22.3 Å². The van der Waals surface area contributed by atoms with Gasteiger partial charge in [-0.1, -0.05) is 28.1 Å². The smallest absolute Gasteiger partial charge is 0.365 e. The van der Waals surface area contributed by atoms with Crippen molar-refractivity contribution in [1.82, 2.24) is 9.97 Å². The van der Waals surface area contributed by atoms with E-state index in [9.17, 15) is 13.2 Å². The van der Waals surface area contributed by atoms with E-state index in [4.69, 9.17) is 11.6 Å². The number of benzene rings is 2. The second kappa shape index (κ2) is 7.04. The molecule has 136 valence electrons. The zero-order valence-electron chi connectivity index (χ0n) is 13.9. The van der Waals surface area contributed by atoms with Crippen LogP contribution in [0.25, 0.3) is 10.9 Å². The van der Waals surface area contributed by atoms with Crippen LogP contribution in [0.2, 0.25) is 5.28 Å². The molecule has 0 saturated carbocycles. The van der Waals surface area contributed by atoms with Gasteiger partial charge in [-0.15, -0.1) is 0 Å². The number of halogens is 5. The van der Waals surface area contributed by atoms with Gasteiger partial charge < -0.3 is 5.32 Å². The molecule has 3 nitrogen and oxygen atoms in total. The van der Waals surface area contributed by atoms with E-state index in [1.165, 1.54) is 13.0 Å². The molecule has 2 aromatic carbocycles. The molecular weight excluding hydrogens is 431 g/mol. The molecule has 3 aromatic rings. The highest BCUT2D eigenvalue weighted by Crippen LogP contribution is 2.33. The fraction of sp³-hybridized carbons (Fsp3) is 0.222. The predicted octanol–water partition coefficient (Wildman–Crippen LogP) is 6.29. The van der Waals surface area contributed by atoms with Crippen LogP contribution in [0.15, 0.2) is 34.8 Å². The van der Waals surface area contributed by atoms with Crippen LogP contribution < -0.4 is 5.32 Å². The summed E-state index contributed by atoms with van der Waals surface area (Å²) in [5.41, 5.74) is 1.69. The second-order valence-electron chi connectivity index (χ2n) is 5.90. The molecule has 0 aliphatic carbocycles. The van der Waals surface area contributed by atoms with Crippen molar-refractivity contribution in [3.63, 3.8) is 0 Å². The quantitative estimate of drug-likeness (QED) is 0.482. The van der Waals surface area contributed by atoms with E-state index in [1.807, 2.05) is 19.1 Å². The third-order valence-electron chi connectivity index (χ3n) is 4.13. The summed E-state index contributed by atoms with van der Waals surface area (Å²) in [4.78, 5) is 8.44. The molecule has 0 aliphatic heterocycles. The maximum absolute atomic E-state index is 13.1. The summed E-state index contributed by atoms with van der Waals surface area (Å²) < 4.78 is 40.1. The second-order valence-corrected chi connectivity index (χ2v) is 7.15. The summed E-state index contributed by atoms with van der Waals surface area (Å²) in [5.74, 6) is 0.473. The molecule has 1 aromatic heterocycles. The molecule has 26 heavy (non-hydrogen) atoms. The Kier molecular flexibility index (Phi) is 5.12. The molecule has 1 heterocycles. The molecule has 0 fully saturated rings. The van der Waals surface area contributed by atoms with Crippen molar-refractivity contribution in [1.29, 1.82) is 0 Å². The van der Waals surface area contributed by atoms with Crippen LogP contribution in [0.4, 0.5) is 19.0 Å². The number of rotatable bonds is 3. The summed E-state index contributed by atoms with van der Waals surface area (Å²) in [5, 5.41) is 3.91. The topological polar surface area (TPSA) is 37.8 Å². The molecule has 0 unspecified atom stereocenters. The Bertz CT molecular complexity index is 990. The standard InChI is InChI=1S/C18H14BrClF3N3/c1-9-6-12(19)7-13-15(9)25-17(20)26-16(13)24-8-11-4-3-5-14(10(11)2)18(21,22)23/h3-7H,8H2,1-2H3,(H,24,25,26). The number of aryl methyl sites for hydroxylation is 1. The number of nitrogens with one attached hydrogen (secondary N) is 1. The molecule has 0 bridgehead atoms. The van der Waals surface area contributed by atoms with Gasteiger partial charge in [0.1, 0.15) is 5.82 Å². The predicted molar refractivity (Wildman–Crippen MR) is 100 cm³/mol. The fourth-order valence-electron chi connectivity index (χ4n) is 2.83. The lowest BCUT2D eigenvalue weighted by atomic mass is 10.0. The van der Waals surface area contributed by atoms with Gasteiger partial charge in [-0.25, -0.2) is 9.97 Å². The Balaban J connectivity index is 1.99. The molecule has 1 N–H and O–H groups in total. The van der Waals surface area contributed by atoms with Crippen molar-refractivity contribution in [2.75, 3.05) is 5.32 Å². The molecule has 0 atom stereocenters. The Labute approximate surface area is 161 Å². The van der Waals surface area contributed by atoms with Crippen molar-refractivity contribution in [3.8, 4) is 0 Å². The first-order valence-corrected chi connectivity index (χ1v) is 8.87. The van der Waals surface area contributed by atoms with Gasteiger partial charge in [0.25, 0.3) is 0 Å². The maximum Gasteiger partial charge on any atom is 0.416 e. The Morgan fingerprint density at radius 1 is 1.15 bits per heavy atom. The van der Waals surface area contributed by atoms with Gasteiger partial charge in [0.05, 0.1) is 11.1 Å². The minimum atomic E-state index is -4.38. The lowest BCUT2D eigenvalue weighted by molar-refractivity contribution is -0.138. The highest BCUT2D eigenvalue weighted by Gasteiger charge is 2.32. The number of hydrogen-bond donors (Lipinski definition) is 1. The van der Waals surface area contributed by atoms with E-state index in [2.05, 4.69) is 31.2 Å². The third kappa shape index (κ3) is 3.78. The molecule has 0 radical (unpaired) electrons. The number of aromatic nitrogens is 2. The zero-order valence-corrected chi connectivity index (χ0v) is 16.2. The first-order chi connectivity index (χ1) is 12.2. The van der Waals surface area contributed by atoms with Gasteiger partial charge >= 0.3 is 6.18 Å². The fourth-order valence-corrected chi connectivity index (χ4v) is 3.57. The van der Waals surface area contributed by atoms with Crippen molar-refractivity contribution in [2.45, 2.75) is 26.6 Å². The first-order valence-electron chi connectivity index (χ1n) is 7.70. The van der Waals surface area contributed by atoms with Crippen molar-refractivity contribution < 1.29 is 13.2 Å². The van der Waals surface area contributed by atoms with Gasteiger partial charge in [0, 0.05) is 16.4 Å². The summed E-state index contributed by atoms with van der Waals surface area (Å²) in [6, 6.07) is 7.89. The molecule has 3 rings (SSSR count). The van der Waals surface area contributed by atoms with Crippen molar-refractivity contribution >= 4 is 44.3 Å². The van der Waals surface area contributed by atoms with Gasteiger partial charge in [-0.3, -0.25) is 0 Å². The number of anilines is 1. The molecular formula is C18H14BrClF3N3. The highest BCUT2D eigenvalue weighted by molar-refractivity contribution is 9.10. The molecule has 0 saturated heterocycles. The zero-order chi connectivity index (χ0) is 19.1. The summed E-state index contributed by atoms with van der Waals surface area (Å²) in [6.07, 6.45) is -4.38. The lowest BCUT2D eigenvalue weighted by Gasteiger charge is -2.15. The largest absolute Gasteiger partial charge is 0.416 e. The van der Waals surface area contributed by atoms with Crippen LogP contribution in [-0.2, 0) is 12.7 Å². The molecule has 0 aliphatic rings. The monoisotopic (exact) mass is 443 g/mol. The summed E-state index contributed by atoms with van der Waals surface area (Å²) in [7, 11) is 0. The van der Waals surface area contributed by atoms with E-state index in [1.54, 1.807) is 6.07 Å². The Morgan fingerprint density at radius 2 is 1.88 bits per heavy atom. The van der Waals surface area contributed by atoms with Crippen molar-refractivity contribution in [3.05, 3.63) is 62.3 Å².